The Kier molecular flexibility index (Phi) is 6.60. The number of fused-ring (bicyclic) bond motifs is 1. The third kappa shape index (κ3) is 4.76. The minimum Gasteiger partial charge on any atom is -0.489 e. The molecule has 0 radical (unpaired) electrons. The molecule has 4 aromatic carbocycles. The Morgan fingerprint density at radius 3 is 2.36 bits per heavy atom. The first-order chi connectivity index (χ1) is 17.5. The Balaban J connectivity index is 1.33. The van der Waals surface area contributed by atoms with Gasteiger partial charge in [-0.15, -0.1) is 0 Å². The summed E-state index contributed by atoms with van der Waals surface area (Å²) in [5.41, 5.74) is 3.60. The van der Waals surface area contributed by atoms with Crippen molar-refractivity contribution >= 4 is 51.7 Å². The molecule has 1 N–H and O–H groups in total. The van der Waals surface area contributed by atoms with Gasteiger partial charge >= 0.3 is 0 Å². The molecule has 0 aliphatic carbocycles. The lowest BCUT2D eigenvalue weighted by Gasteiger charge is -2.29. The van der Waals surface area contributed by atoms with Crippen molar-refractivity contribution < 1.29 is 14.3 Å². The van der Waals surface area contributed by atoms with Crippen LogP contribution in [0.5, 0.6) is 5.75 Å². The summed E-state index contributed by atoms with van der Waals surface area (Å²) >= 11 is 5.29. The standard InChI is InChI=1S/C30H24N2O3S/c1-2-20-10-14-24(15-11-20)32-29(34)27(28(33)31-30(32)36)18-21-12-16-25(17-13-21)35-19-23-8-5-7-22-6-3-4-9-26(22)23/h3-18H,2,19H2,1H3,(H,31,33,36)/b27-18+. The second-order valence-corrected chi connectivity index (χ2v) is 8.86. The van der Waals surface area contributed by atoms with Crippen LogP contribution in [-0.4, -0.2) is 16.9 Å². The summed E-state index contributed by atoms with van der Waals surface area (Å²) in [6.07, 6.45) is 2.46. The highest BCUT2D eigenvalue weighted by atomic mass is 32.1. The van der Waals surface area contributed by atoms with Gasteiger partial charge in [-0.05, 0) is 76.4 Å². The fourth-order valence-electron chi connectivity index (χ4n) is 4.18. The van der Waals surface area contributed by atoms with Gasteiger partial charge in [-0.1, -0.05) is 73.7 Å². The summed E-state index contributed by atoms with van der Waals surface area (Å²) < 4.78 is 6.00. The molecule has 0 atom stereocenters. The topological polar surface area (TPSA) is 58.6 Å². The minimum atomic E-state index is -0.511. The number of carbonyl (C=O) groups excluding carboxylic acids is 2. The highest BCUT2D eigenvalue weighted by Gasteiger charge is 2.34. The summed E-state index contributed by atoms with van der Waals surface area (Å²) in [5, 5.41) is 5.03. The van der Waals surface area contributed by atoms with Gasteiger partial charge < -0.3 is 4.74 Å². The summed E-state index contributed by atoms with van der Waals surface area (Å²) in [7, 11) is 0. The van der Waals surface area contributed by atoms with E-state index in [4.69, 9.17) is 17.0 Å². The Bertz CT molecular complexity index is 1490. The summed E-state index contributed by atoms with van der Waals surface area (Å²) in [6.45, 7) is 2.50. The lowest BCUT2D eigenvalue weighted by molar-refractivity contribution is -0.122. The molecule has 0 aromatic heterocycles. The predicted molar refractivity (Wildman–Crippen MR) is 147 cm³/mol. The van der Waals surface area contributed by atoms with Crippen molar-refractivity contribution in [1.29, 1.82) is 0 Å². The number of carbonyl (C=O) groups is 2. The van der Waals surface area contributed by atoms with Gasteiger partial charge in [-0.3, -0.25) is 19.8 Å². The van der Waals surface area contributed by atoms with Crippen LogP contribution < -0.4 is 15.0 Å². The van der Waals surface area contributed by atoms with E-state index < -0.39 is 11.8 Å². The molecule has 0 spiro atoms. The third-order valence-corrected chi connectivity index (χ3v) is 6.45. The van der Waals surface area contributed by atoms with Gasteiger partial charge in [0.15, 0.2) is 5.11 Å². The molecule has 1 saturated heterocycles. The first kappa shape index (κ1) is 23.5. The van der Waals surface area contributed by atoms with Crippen molar-refractivity contribution in [3.8, 4) is 5.75 Å². The number of anilines is 1. The van der Waals surface area contributed by atoms with Gasteiger partial charge in [-0.2, -0.15) is 0 Å². The minimum absolute atomic E-state index is 0.0209. The van der Waals surface area contributed by atoms with Crippen molar-refractivity contribution in [3.63, 3.8) is 0 Å². The number of ether oxygens (including phenoxy) is 1. The van der Waals surface area contributed by atoms with Gasteiger partial charge in [0.25, 0.3) is 11.8 Å². The number of thiocarbonyl (C=S) groups is 1. The van der Waals surface area contributed by atoms with Crippen LogP contribution in [-0.2, 0) is 22.6 Å². The Hall–Kier alpha value is -4.29. The number of hydrogen-bond acceptors (Lipinski definition) is 4. The zero-order chi connectivity index (χ0) is 25.1. The molecule has 1 aliphatic rings. The average Bonchev–Trinajstić information content (AvgIpc) is 2.91. The van der Waals surface area contributed by atoms with Crippen molar-refractivity contribution in [3.05, 3.63) is 113 Å². The first-order valence-corrected chi connectivity index (χ1v) is 12.1. The van der Waals surface area contributed by atoms with Gasteiger partial charge in [0.05, 0.1) is 5.69 Å². The molecule has 2 amide bonds. The Morgan fingerprint density at radius 1 is 0.889 bits per heavy atom. The van der Waals surface area contributed by atoms with Gasteiger partial charge in [0, 0.05) is 0 Å². The largest absolute Gasteiger partial charge is 0.489 e. The number of rotatable bonds is 6. The number of amides is 2. The second kappa shape index (κ2) is 10.1. The van der Waals surface area contributed by atoms with E-state index in [1.54, 1.807) is 6.08 Å². The first-order valence-electron chi connectivity index (χ1n) is 11.7. The molecule has 0 unspecified atom stereocenters. The number of hydrogen-bond donors (Lipinski definition) is 1. The maximum atomic E-state index is 13.2. The van der Waals surface area contributed by atoms with Crippen LogP contribution in [0.3, 0.4) is 0 Å². The molecule has 36 heavy (non-hydrogen) atoms. The molecule has 1 heterocycles. The smallest absolute Gasteiger partial charge is 0.270 e. The van der Waals surface area contributed by atoms with Crippen LogP contribution in [0.15, 0.2) is 96.6 Å². The number of aryl methyl sites for hydroxylation is 1. The highest BCUT2D eigenvalue weighted by molar-refractivity contribution is 7.80. The molecule has 1 aliphatic heterocycles. The van der Waals surface area contributed by atoms with Crippen LogP contribution >= 0.6 is 12.2 Å². The van der Waals surface area contributed by atoms with Crippen LogP contribution in [0.1, 0.15) is 23.6 Å². The zero-order valence-corrected chi connectivity index (χ0v) is 20.5. The fraction of sp³-hybridized carbons (Fsp3) is 0.100. The maximum absolute atomic E-state index is 13.2. The van der Waals surface area contributed by atoms with Crippen molar-refractivity contribution in [2.75, 3.05) is 4.90 Å². The van der Waals surface area contributed by atoms with Crippen LogP contribution in [0.25, 0.3) is 16.8 Å². The Labute approximate surface area is 215 Å². The van der Waals surface area contributed by atoms with Gasteiger partial charge in [-0.25, -0.2) is 0 Å². The van der Waals surface area contributed by atoms with E-state index >= 15 is 0 Å². The molecule has 178 valence electrons. The monoisotopic (exact) mass is 492 g/mol. The lowest BCUT2D eigenvalue weighted by Crippen LogP contribution is -2.54. The molecular formula is C30H24N2O3S. The van der Waals surface area contributed by atoms with E-state index in [-0.39, 0.29) is 10.7 Å². The number of nitrogens with one attached hydrogen (secondary N) is 1. The van der Waals surface area contributed by atoms with E-state index in [1.807, 2.05) is 66.7 Å². The lowest BCUT2D eigenvalue weighted by atomic mass is 10.1. The third-order valence-electron chi connectivity index (χ3n) is 6.17. The fourth-order valence-corrected chi connectivity index (χ4v) is 4.46. The normalized spacial score (nSPS) is 14.9. The van der Waals surface area contributed by atoms with Crippen molar-refractivity contribution in [2.45, 2.75) is 20.0 Å². The molecule has 5 rings (SSSR count). The maximum Gasteiger partial charge on any atom is 0.270 e. The molecular weight excluding hydrogens is 468 g/mol. The van der Waals surface area contributed by atoms with Gasteiger partial charge in [0.1, 0.15) is 17.9 Å². The summed E-state index contributed by atoms with van der Waals surface area (Å²) in [5.74, 6) is -0.268. The SMILES string of the molecule is CCc1ccc(N2C(=O)/C(=C/c3ccc(OCc4cccc5ccccc45)cc3)C(=O)NC2=S)cc1. The van der Waals surface area contributed by atoms with Gasteiger partial charge in [0.2, 0.25) is 0 Å². The van der Waals surface area contributed by atoms with E-state index in [9.17, 15) is 9.59 Å². The van der Waals surface area contributed by atoms with Crippen LogP contribution in [0.2, 0.25) is 0 Å². The zero-order valence-electron chi connectivity index (χ0n) is 19.7. The molecule has 0 saturated carbocycles. The quantitative estimate of drug-likeness (QED) is 0.210. The van der Waals surface area contributed by atoms with E-state index in [2.05, 4.69) is 36.5 Å². The summed E-state index contributed by atoms with van der Waals surface area (Å²) in [4.78, 5) is 27.2. The summed E-state index contributed by atoms with van der Waals surface area (Å²) in [6, 6.07) is 29.2. The van der Waals surface area contributed by atoms with Crippen molar-refractivity contribution in [1.82, 2.24) is 5.32 Å². The van der Waals surface area contributed by atoms with E-state index in [0.717, 1.165) is 22.9 Å². The second-order valence-electron chi connectivity index (χ2n) is 8.47. The van der Waals surface area contributed by atoms with Crippen LogP contribution in [0, 0.1) is 0 Å². The van der Waals surface area contributed by atoms with Crippen molar-refractivity contribution in [2.24, 2.45) is 0 Å². The molecule has 0 bridgehead atoms. The highest BCUT2D eigenvalue weighted by Crippen LogP contribution is 2.24. The predicted octanol–water partition coefficient (Wildman–Crippen LogP) is 5.81. The number of benzene rings is 4. The molecule has 1 fully saturated rings. The molecule has 6 heteroatoms. The Morgan fingerprint density at radius 2 is 1.61 bits per heavy atom. The molecule has 4 aromatic rings. The number of nitrogens with zero attached hydrogens (tertiary/aromatic N) is 1. The van der Waals surface area contributed by atoms with E-state index in [0.29, 0.717) is 23.6 Å². The van der Waals surface area contributed by atoms with E-state index in [1.165, 1.54) is 10.3 Å². The van der Waals surface area contributed by atoms with Crippen LogP contribution in [0.4, 0.5) is 5.69 Å². The average molecular weight is 493 g/mol. The molecule has 5 nitrogen and oxygen atoms in total.